The zero-order valence-corrected chi connectivity index (χ0v) is 17.9. The highest BCUT2D eigenvalue weighted by Crippen LogP contribution is 2.26. The Morgan fingerprint density at radius 3 is 2.65 bits per heavy atom. The van der Waals surface area contributed by atoms with Crippen LogP contribution in [0.15, 0.2) is 30.3 Å². The molecule has 162 valence electrons. The summed E-state index contributed by atoms with van der Waals surface area (Å²) in [6, 6.07) is 9.79. The van der Waals surface area contributed by atoms with Crippen molar-refractivity contribution in [3.05, 3.63) is 52.8 Å². The number of benzene rings is 1. The van der Waals surface area contributed by atoms with E-state index in [0.717, 1.165) is 33.8 Å². The first kappa shape index (κ1) is 20.8. The van der Waals surface area contributed by atoms with Gasteiger partial charge in [-0.2, -0.15) is 10.2 Å². The maximum absolute atomic E-state index is 12.8. The Morgan fingerprint density at radius 1 is 1.16 bits per heavy atom. The molecule has 3 heterocycles. The van der Waals surface area contributed by atoms with Crippen molar-refractivity contribution < 1.29 is 14.3 Å². The van der Waals surface area contributed by atoms with Crippen molar-refractivity contribution in [1.82, 2.24) is 25.3 Å². The molecule has 4 rings (SSSR count). The number of nitrogens with zero attached hydrogens (tertiary/aromatic N) is 3. The smallest absolute Gasteiger partial charge is 0.256 e. The molecule has 9 nitrogen and oxygen atoms in total. The molecule has 0 bridgehead atoms. The monoisotopic (exact) mass is 422 g/mol. The van der Waals surface area contributed by atoms with Crippen LogP contribution >= 0.6 is 0 Å². The fourth-order valence-electron chi connectivity index (χ4n) is 3.73. The molecule has 0 radical (unpaired) electrons. The van der Waals surface area contributed by atoms with Crippen molar-refractivity contribution >= 4 is 17.6 Å². The molecule has 1 atom stereocenters. The summed E-state index contributed by atoms with van der Waals surface area (Å²) in [5.74, 6) is 0.0962. The van der Waals surface area contributed by atoms with Crippen molar-refractivity contribution in [2.75, 3.05) is 25.0 Å². The fraction of sp³-hybridized carbons (Fsp3) is 0.364. The Labute approximate surface area is 180 Å². The number of rotatable bonds is 5. The zero-order chi connectivity index (χ0) is 22.0. The van der Waals surface area contributed by atoms with Gasteiger partial charge >= 0.3 is 0 Å². The van der Waals surface area contributed by atoms with E-state index in [1.165, 1.54) is 0 Å². The SMILES string of the molecule is Cc1n[nH]c(C)c1CC(=O)N1CCOC(C(=O)Nc2n[nH]c(-c3ccccc3)c2C)C1. The number of carbonyl (C=O) groups is 2. The molecule has 2 aromatic heterocycles. The molecule has 0 saturated carbocycles. The van der Waals surface area contributed by atoms with Crippen molar-refractivity contribution in [3.8, 4) is 11.3 Å². The standard InChI is InChI=1S/C22H26N6O3/c1-13-20(16-7-5-4-6-8-16)26-27-21(13)23-22(30)18-12-28(9-10-31-18)19(29)11-17-14(2)24-25-15(17)3/h4-8,18H,9-12H2,1-3H3,(H,24,25)(H2,23,26,27,30). The van der Waals surface area contributed by atoms with Crippen LogP contribution in [0.2, 0.25) is 0 Å². The van der Waals surface area contributed by atoms with Crippen molar-refractivity contribution in [2.24, 2.45) is 0 Å². The first-order valence-corrected chi connectivity index (χ1v) is 10.2. The Morgan fingerprint density at radius 2 is 1.94 bits per heavy atom. The van der Waals surface area contributed by atoms with Crippen LogP contribution < -0.4 is 5.32 Å². The number of aryl methyl sites for hydroxylation is 2. The summed E-state index contributed by atoms with van der Waals surface area (Å²) >= 11 is 0. The summed E-state index contributed by atoms with van der Waals surface area (Å²) in [5.41, 5.74) is 5.28. The lowest BCUT2D eigenvalue weighted by Crippen LogP contribution is -2.50. The second-order valence-corrected chi connectivity index (χ2v) is 7.72. The lowest BCUT2D eigenvalue weighted by atomic mass is 10.1. The summed E-state index contributed by atoms with van der Waals surface area (Å²) in [5, 5.41) is 17.1. The summed E-state index contributed by atoms with van der Waals surface area (Å²) in [7, 11) is 0. The number of H-pyrrole nitrogens is 2. The van der Waals surface area contributed by atoms with Crippen molar-refractivity contribution in [3.63, 3.8) is 0 Å². The summed E-state index contributed by atoms with van der Waals surface area (Å²) < 4.78 is 5.64. The predicted octanol–water partition coefficient (Wildman–Crippen LogP) is 2.13. The zero-order valence-electron chi connectivity index (χ0n) is 17.9. The molecule has 9 heteroatoms. The average molecular weight is 422 g/mol. The normalized spacial score (nSPS) is 16.4. The van der Waals surface area contributed by atoms with Gasteiger partial charge in [-0.3, -0.25) is 19.8 Å². The molecule has 0 spiro atoms. The number of aromatic amines is 2. The van der Waals surface area contributed by atoms with Gasteiger partial charge in [0.2, 0.25) is 5.91 Å². The Hall–Kier alpha value is -3.46. The largest absolute Gasteiger partial charge is 0.365 e. The van der Waals surface area contributed by atoms with E-state index in [2.05, 4.69) is 25.7 Å². The summed E-state index contributed by atoms with van der Waals surface area (Å²) in [6.45, 7) is 6.63. The third kappa shape index (κ3) is 4.36. The number of aromatic nitrogens is 4. The third-order valence-corrected chi connectivity index (χ3v) is 5.63. The molecule has 1 fully saturated rings. The maximum atomic E-state index is 12.8. The topological polar surface area (TPSA) is 116 Å². The highest BCUT2D eigenvalue weighted by Gasteiger charge is 2.30. The van der Waals surface area contributed by atoms with Crippen molar-refractivity contribution in [2.45, 2.75) is 33.3 Å². The van der Waals surface area contributed by atoms with Gasteiger partial charge in [0.05, 0.1) is 31.0 Å². The summed E-state index contributed by atoms with van der Waals surface area (Å²) in [6.07, 6.45) is -0.498. The number of morpholine rings is 1. The van der Waals surface area contributed by atoms with Crippen LogP contribution in [0.4, 0.5) is 5.82 Å². The molecule has 0 aliphatic carbocycles. The number of nitrogens with one attached hydrogen (secondary N) is 3. The van der Waals surface area contributed by atoms with E-state index in [1.807, 2.05) is 51.1 Å². The minimum Gasteiger partial charge on any atom is -0.365 e. The first-order chi connectivity index (χ1) is 14.9. The van der Waals surface area contributed by atoms with E-state index < -0.39 is 6.10 Å². The van der Waals surface area contributed by atoms with E-state index >= 15 is 0 Å². The van der Waals surface area contributed by atoms with Gasteiger partial charge in [0.1, 0.15) is 0 Å². The first-order valence-electron chi connectivity index (χ1n) is 10.2. The van der Waals surface area contributed by atoms with Crippen LogP contribution in [0.3, 0.4) is 0 Å². The number of carbonyl (C=O) groups excluding carboxylic acids is 2. The highest BCUT2D eigenvalue weighted by atomic mass is 16.5. The third-order valence-electron chi connectivity index (χ3n) is 5.63. The molecular formula is C22H26N6O3. The van der Waals surface area contributed by atoms with Gasteiger partial charge in [-0.15, -0.1) is 0 Å². The number of hydrogen-bond acceptors (Lipinski definition) is 5. The Kier molecular flexibility index (Phi) is 5.85. The van der Waals surface area contributed by atoms with Gasteiger partial charge in [-0.25, -0.2) is 0 Å². The molecule has 1 aliphatic heterocycles. The number of hydrogen-bond donors (Lipinski definition) is 3. The van der Waals surface area contributed by atoms with Crippen LogP contribution in [0.1, 0.15) is 22.5 Å². The fourth-order valence-corrected chi connectivity index (χ4v) is 3.73. The van der Waals surface area contributed by atoms with Gasteiger partial charge in [-0.05, 0) is 26.3 Å². The minimum atomic E-state index is -0.750. The van der Waals surface area contributed by atoms with Crippen LogP contribution in [-0.4, -0.2) is 62.9 Å². The lowest BCUT2D eigenvalue weighted by molar-refractivity contribution is -0.144. The van der Waals surface area contributed by atoms with Gasteiger partial charge < -0.3 is 15.0 Å². The number of anilines is 1. The second-order valence-electron chi connectivity index (χ2n) is 7.72. The minimum absolute atomic E-state index is 0.0454. The van der Waals surface area contributed by atoms with Crippen LogP contribution in [-0.2, 0) is 20.7 Å². The molecule has 2 amide bonds. The van der Waals surface area contributed by atoms with Gasteiger partial charge in [0.15, 0.2) is 11.9 Å². The molecule has 1 aromatic carbocycles. The van der Waals surface area contributed by atoms with Gasteiger partial charge in [0, 0.05) is 23.4 Å². The molecule has 1 unspecified atom stereocenters. The van der Waals surface area contributed by atoms with E-state index in [-0.39, 0.29) is 24.8 Å². The maximum Gasteiger partial charge on any atom is 0.256 e. The van der Waals surface area contributed by atoms with E-state index in [0.29, 0.717) is 19.0 Å². The van der Waals surface area contributed by atoms with Crippen molar-refractivity contribution in [1.29, 1.82) is 0 Å². The van der Waals surface area contributed by atoms with Crippen LogP contribution in [0, 0.1) is 20.8 Å². The van der Waals surface area contributed by atoms with Crippen LogP contribution in [0.5, 0.6) is 0 Å². The number of ether oxygens (including phenoxy) is 1. The average Bonchev–Trinajstić information content (AvgIpc) is 3.31. The molecule has 1 saturated heterocycles. The predicted molar refractivity (Wildman–Crippen MR) is 115 cm³/mol. The second kappa shape index (κ2) is 8.73. The molecule has 3 aromatic rings. The Bertz CT molecular complexity index is 1070. The molecule has 31 heavy (non-hydrogen) atoms. The Balaban J connectivity index is 1.40. The van der Waals surface area contributed by atoms with Gasteiger partial charge in [0.25, 0.3) is 5.91 Å². The van der Waals surface area contributed by atoms with E-state index in [9.17, 15) is 9.59 Å². The van der Waals surface area contributed by atoms with E-state index in [1.54, 1.807) is 4.90 Å². The van der Waals surface area contributed by atoms with Crippen LogP contribution in [0.25, 0.3) is 11.3 Å². The molecular weight excluding hydrogens is 396 g/mol. The highest BCUT2D eigenvalue weighted by molar-refractivity contribution is 5.95. The lowest BCUT2D eigenvalue weighted by Gasteiger charge is -2.32. The number of amides is 2. The van der Waals surface area contributed by atoms with E-state index in [4.69, 9.17) is 4.74 Å². The summed E-state index contributed by atoms with van der Waals surface area (Å²) in [4.78, 5) is 27.3. The molecule has 1 aliphatic rings. The van der Waals surface area contributed by atoms with Gasteiger partial charge in [-0.1, -0.05) is 30.3 Å². The molecule has 3 N–H and O–H groups in total. The quantitative estimate of drug-likeness (QED) is 0.583.